The van der Waals surface area contributed by atoms with Crippen LogP contribution < -0.4 is 0 Å². The van der Waals surface area contributed by atoms with Gasteiger partial charge in [0.1, 0.15) is 0 Å². The summed E-state index contributed by atoms with van der Waals surface area (Å²) >= 11 is 0. The molecule has 0 aromatic heterocycles. The molecular formula is C14H28OSi. The van der Waals surface area contributed by atoms with Gasteiger partial charge in [0.2, 0.25) is 0 Å². The van der Waals surface area contributed by atoms with Gasteiger partial charge in [-0.3, -0.25) is 0 Å². The minimum atomic E-state index is -1.50. The van der Waals surface area contributed by atoms with Gasteiger partial charge in [-0.2, -0.15) is 0 Å². The Morgan fingerprint density at radius 3 is 2.25 bits per heavy atom. The van der Waals surface area contributed by atoms with Crippen molar-refractivity contribution < 1.29 is 4.43 Å². The molecule has 0 aliphatic carbocycles. The van der Waals surface area contributed by atoms with Gasteiger partial charge in [-0.05, 0) is 31.5 Å². The summed E-state index contributed by atoms with van der Waals surface area (Å²) in [4.78, 5) is 0. The molecule has 0 amide bonds. The first kappa shape index (κ1) is 15.7. The van der Waals surface area contributed by atoms with Gasteiger partial charge in [0.05, 0.1) is 6.10 Å². The molecule has 0 aliphatic heterocycles. The lowest BCUT2D eigenvalue weighted by Crippen LogP contribution is -2.40. The normalized spacial score (nSPS) is 14.6. The molecule has 94 valence electrons. The quantitative estimate of drug-likeness (QED) is 0.472. The van der Waals surface area contributed by atoms with Crippen molar-refractivity contribution in [1.29, 1.82) is 0 Å². The molecule has 0 fully saturated rings. The van der Waals surface area contributed by atoms with Crippen molar-refractivity contribution in [2.45, 2.75) is 72.2 Å². The first-order chi connectivity index (χ1) is 7.23. The maximum atomic E-state index is 6.24. The molecule has 1 atom stereocenters. The number of rotatable bonds is 7. The van der Waals surface area contributed by atoms with Crippen molar-refractivity contribution in [3.05, 3.63) is 0 Å². The van der Waals surface area contributed by atoms with Crippen LogP contribution in [0.3, 0.4) is 0 Å². The Balaban J connectivity index is 4.56. The van der Waals surface area contributed by atoms with Crippen LogP contribution in [0.5, 0.6) is 0 Å². The number of hydrogen-bond acceptors (Lipinski definition) is 1. The fraction of sp³-hybridized carbons (Fsp3) is 0.857. The van der Waals surface area contributed by atoms with Crippen LogP contribution in [0.1, 0.15) is 46.5 Å². The highest BCUT2D eigenvalue weighted by Crippen LogP contribution is 2.33. The SMILES string of the molecule is C#CCC(O[Si](C)(C)C)C(C)(C)CCCC. The standard InChI is InChI=1S/C14H28OSi/c1-8-10-12-14(3,4)13(11-9-2)15-16(5,6)7/h2,13H,8,10-12H2,1,3-7H3. The summed E-state index contributed by atoms with van der Waals surface area (Å²) in [7, 11) is -1.50. The zero-order valence-corrected chi connectivity index (χ0v) is 12.9. The highest BCUT2D eigenvalue weighted by Gasteiger charge is 2.32. The molecule has 0 saturated carbocycles. The zero-order chi connectivity index (χ0) is 12.8. The first-order valence-corrected chi connectivity index (χ1v) is 9.75. The highest BCUT2D eigenvalue weighted by atomic mass is 28.4. The highest BCUT2D eigenvalue weighted by molar-refractivity contribution is 6.69. The van der Waals surface area contributed by atoms with Crippen LogP contribution in [0, 0.1) is 17.8 Å². The average Bonchev–Trinajstić information content (AvgIpc) is 2.12. The van der Waals surface area contributed by atoms with Gasteiger partial charge in [0, 0.05) is 6.42 Å². The Labute approximate surface area is 103 Å². The summed E-state index contributed by atoms with van der Waals surface area (Å²) in [5.41, 5.74) is 0.197. The largest absolute Gasteiger partial charge is 0.413 e. The molecule has 2 heteroatoms. The van der Waals surface area contributed by atoms with E-state index in [1.807, 2.05) is 0 Å². The molecule has 0 N–H and O–H groups in total. The third kappa shape index (κ3) is 6.35. The van der Waals surface area contributed by atoms with Crippen molar-refractivity contribution in [3.63, 3.8) is 0 Å². The molecule has 0 bridgehead atoms. The van der Waals surface area contributed by atoms with Gasteiger partial charge >= 0.3 is 0 Å². The van der Waals surface area contributed by atoms with E-state index in [0.717, 1.165) is 6.42 Å². The van der Waals surface area contributed by atoms with E-state index in [1.165, 1.54) is 19.3 Å². The molecule has 0 saturated heterocycles. The second-order valence-corrected chi connectivity index (χ2v) is 10.7. The van der Waals surface area contributed by atoms with Gasteiger partial charge in [-0.1, -0.05) is 33.6 Å². The third-order valence-corrected chi connectivity index (χ3v) is 3.84. The molecule has 0 aliphatic rings. The molecule has 0 radical (unpaired) electrons. The Bertz CT molecular complexity index is 232. The van der Waals surface area contributed by atoms with Gasteiger partial charge in [0.25, 0.3) is 0 Å². The van der Waals surface area contributed by atoms with E-state index in [0.29, 0.717) is 0 Å². The topological polar surface area (TPSA) is 9.23 Å². The molecule has 16 heavy (non-hydrogen) atoms. The van der Waals surface area contributed by atoms with E-state index in [9.17, 15) is 0 Å². The van der Waals surface area contributed by atoms with Gasteiger partial charge in [-0.25, -0.2) is 0 Å². The van der Waals surface area contributed by atoms with Crippen LogP contribution in [-0.2, 0) is 4.43 Å². The van der Waals surface area contributed by atoms with E-state index in [-0.39, 0.29) is 11.5 Å². The monoisotopic (exact) mass is 240 g/mol. The summed E-state index contributed by atoms with van der Waals surface area (Å²) in [6.07, 6.45) is 10.1. The summed E-state index contributed by atoms with van der Waals surface area (Å²) < 4.78 is 6.24. The molecule has 0 aromatic rings. The van der Waals surface area contributed by atoms with Gasteiger partial charge < -0.3 is 4.43 Å². The fourth-order valence-corrected chi connectivity index (χ4v) is 3.06. The smallest absolute Gasteiger partial charge is 0.184 e. The molecule has 0 aromatic carbocycles. The van der Waals surface area contributed by atoms with Crippen molar-refractivity contribution in [2.24, 2.45) is 5.41 Å². The Hall–Kier alpha value is -0.263. The summed E-state index contributed by atoms with van der Waals surface area (Å²) in [5.74, 6) is 2.77. The predicted octanol–water partition coefficient (Wildman–Crippen LogP) is 4.45. The van der Waals surface area contributed by atoms with Crippen molar-refractivity contribution in [1.82, 2.24) is 0 Å². The van der Waals surface area contributed by atoms with Crippen molar-refractivity contribution in [2.75, 3.05) is 0 Å². The minimum absolute atomic E-state index is 0.197. The molecule has 0 spiro atoms. The molecule has 0 heterocycles. The van der Waals surface area contributed by atoms with Crippen LogP contribution in [0.4, 0.5) is 0 Å². The lowest BCUT2D eigenvalue weighted by Gasteiger charge is -2.37. The maximum absolute atomic E-state index is 6.24. The van der Waals surface area contributed by atoms with Crippen LogP contribution in [-0.4, -0.2) is 14.4 Å². The first-order valence-electron chi connectivity index (χ1n) is 6.34. The summed E-state index contributed by atoms with van der Waals surface area (Å²) in [5, 5.41) is 0. The second kappa shape index (κ2) is 6.47. The van der Waals surface area contributed by atoms with Crippen LogP contribution in [0.2, 0.25) is 19.6 Å². The number of terminal acetylenes is 1. The van der Waals surface area contributed by atoms with Crippen LogP contribution >= 0.6 is 0 Å². The van der Waals surface area contributed by atoms with Crippen LogP contribution in [0.25, 0.3) is 0 Å². The molecule has 0 rings (SSSR count). The Morgan fingerprint density at radius 2 is 1.88 bits per heavy atom. The zero-order valence-electron chi connectivity index (χ0n) is 11.9. The predicted molar refractivity (Wildman–Crippen MR) is 75.0 cm³/mol. The van der Waals surface area contributed by atoms with Crippen LogP contribution in [0.15, 0.2) is 0 Å². The molecule has 1 nitrogen and oxygen atoms in total. The number of hydrogen-bond donors (Lipinski definition) is 0. The van der Waals surface area contributed by atoms with Crippen molar-refractivity contribution in [3.8, 4) is 12.3 Å². The Kier molecular flexibility index (Phi) is 6.36. The van der Waals surface area contributed by atoms with E-state index in [4.69, 9.17) is 10.8 Å². The molecule has 1 unspecified atom stereocenters. The summed E-state index contributed by atoms with van der Waals surface area (Å²) in [6, 6.07) is 0. The fourth-order valence-electron chi connectivity index (χ4n) is 1.80. The van der Waals surface area contributed by atoms with Crippen molar-refractivity contribution >= 4 is 8.32 Å². The van der Waals surface area contributed by atoms with E-state index in [2.05, 4.69) is 46.3 Å². The van der Waals surface area contributed by atoms with E-state index in [1.54, 1.807) is 0 Å². The van der Waals surface area contributed by atoms with E-state index >= 15 is 0 Å². The summed E-state index contributed by atoms with van der Waals surface area (Å²) in [6.45, 7) is 13.5. The average molecular weight is 240 g/mol. The third-order valence-electron chi connectivity index (χ3n) is 2.85. The lowest BCUT2D eigenvalue weighted by atomic mass is 9.80. The van der Waals surface area contributed by atoms with Gasteiger partial charge in [-0.15, -0.1) is 12.3 Å². The number of unbranched alkanes of at least 4 members (excludes halogenated alkanes) is 1. The van der Waals surface area contributed by atoms with E-state index < -0.39 is 8.32 Å². The maximum Gasteiger partial charge on any atom is 0.184 e. The Morgan fingerprint density at radius 1 is 1.31 bits per heavy atom. The second-order valence-electron chi connectivity index (χ2n) is 6.22. The molecular weight excluding hydrogens is 212 g/mol. The minimum Gasteiger partial charge on any atom is -0.413 e. The van der Waals surface area contributed by atoms with Gasteiger partial charge in [0.15, 0.2) is 8.32 Å². The lowest BCUT2D eigenvalue weighted by molar-refractivity contribution is 0.0622.